The Morgan fingerprint density at radius 3 is 2.44 bits per heavy atom. The maximum absolute atomic E-state index is 12.6. The molecule has 2 heterocycles. The van der Waals surface area contributed by atoms with Crippen molar-refractivity contribution in [2.75, 3.05) is 18.4 Å². The third kappa shape index (κ3) is 5.30. The highest BCUT2D eigenvalue weighted by Crippen LogP contribution is 2.24. The molecule has 1 fully saturated rings. The van der Waals surface area contributed by atoms with Crippen molar-refractivity contribution < 1.29 is 17.6 Å². The van der Waals surface area contributed by atoms with Gasteiger partial charge in [0.2, 0.25) is 21.8 Å². The van der Waals surface area contributed by atoms with Gasteiger partial charge >= 0.3 is 6.01 Å². The lowest BCUT2D eigenvalue weighted by Gasteiger charge is -2.29. The zero-order valence-corrected chi connectivity index (χ0v) is 18.5. The fourth-order valence-corrected chi connectivity index (χ4v) is 4.70. The lowest BCUT2D eigenvalue weighted by molar-refractivity contribution is -0.121. The zero-order valence-electron chi connectivity index (χ0n) is 17.6. The molecule has 1 N–H and O–H groups in total. The van der Waals surface area contributed by atoms with Gasteiger partial charge in [-0.05, 0) is 43.5 Å². The first-order valence-electron chi connectivity index (χ1n) is 10.4. The van der Waals surface area contributed by atoms with Gasteiger partial charge in [-0.3, -0.25) is 10.1 Å². The Labute approximate surface area is 187 Å². The van der Waals surface area contributed by atoms with E-state index in [0.717, 1.165) is 16.7 Å². The van der Waals surface area contributed by atoms with Crippen LogP contribution in [0.2, 0.25) is 0 Å². The Morgan fingerprint density at radius 1 is 1.06 bits per heavy atom. The largest absolute Gasteiger partial charge is 0.403 e. The molecule has 1 aliphatic heterocycles. The van der Waals surface area contributed by atoms with Gasteiger partial charge < -0.3 is 4.42 Å². The van der Waals surface area contributed by atoms with Gasteiger partial charge in [0, 0.05) is 30.0 Å². The predicted molar refractivity (Wildman–Crippen MR) is 122 cm³/mol. The summed E-state index contributed by atoms with van der Waals surface area (Å²) >= 11 is 0. The minimum atomic E-state index is -3.55. The summed E-state index contributed by atoms with van der Waals surface area (Å²) in [4.78, 5) is 12.6. The number of hydrogen-bond donors (Lipinski definition) is 1. The topological polar surface area (TPSA) is 105 Å². The van der Waals surface area contributed by atoms with E-state index in [-0.39, 0.29) is 30.9 Å². The number of carbonyl (C=O) groups excluding carboxylic acids is 1. The number of nitrogens with zero attached hydrogens (tertiary/aromatic N) is 3. The van der Waals surface area contributed by atoms with E-state index in [4.69, 9.17) is 4.42 Å². The average Bonchev–Trinajstić information content (AvgIpc) is 3.28. The number of aryl methyl sites for hydroxylation is 1. The minimum Gasteiger partial charge on any atom is -0.403 e. The highest BCUT2D eigenvalue weighted by atomic mass is 32.2. The van der Waals surface area contributed by atoms with E-state index in [0.29, 0.717) is 18.7 Å². The number of aromatic nitrogens is 2. The zero-order chi connectivity index (χ0) is 22.6. The number of anilines is 1. The molecule has 2 aromatic carbocycles. The highest BCUT2D eigenvalue weighted by Gasteiger charge is 2.30. The van der Waals surface area contributed by atoms with Crippen LogP contribution in [0.25, 0.3) is 17.5 Å². The summed E-state index contributed by atoms with van der Waals surface area (Å²) in [6.07, 6.45) is 2.43. The van der Waals surface area contributed by atoms with Crippen LogP contribution < -0.4 is 5.32 Å². The second-order valence-corrected chi connectivity index (χ2v) is 9.52. The summed E-state index contributed by atoms with van der Waals surface area (Å²) in [7, 11) is -3.55. The van der Waals surface area contributed by atoms with Crippen molar-refractivity contribution in [3.05, 3.63) is 71.1 Å². The molecule has 1 aromatic heterocycles. The molecule has 1 saturated heterocycles. The van der Waals surface area contributed by atoms with Gasteiger partial charge in [0.1, 0.15) is 0 Å². The van der Waals surface area contributed by atoms with Crippen molar-refractivity contribution in [2.24, 2.45) is 5.92 Å². The van der Waals surface area contributed by atoms with Crippen molar-refractivity contribution in [1.82, 2.24) is 14.5 Å². The molecule has 32 heavy (non-hydrogen) atoms. The van der Waals surface area contributed by atoms with Crippen molar-refractivity contribution in [1.29, 1.82) is 0 Å². The summed E-state index contributed by atoms with van der Waals surface area (Å²) in [5, 5.41) is 11.7. The summed E-state index contributed by atoms with van der Waals surface area (Å²) in [6.45, 7) is 2.53. The summed E-state index contributed by atoms with van der Waals surface area (Å²) in [5.41, 5.74) is 2.70. The molecule has 0 saturated carbocycles. The Morgan fingerprint density at radius 2 is 1.75 bits per heavy atom. The molecule has 4 rings (SSSR count). The van der Waals surface area contributed by atoms with Crippen LogP contribution >= 0.6 is 0 Å². The fraction of sp³-hybridized carbons (Fsp3) is 0.261. The van der Waals surface area contributed by atoms with Crippen molar-refractivity contribution >= 4 is 28.0 Å². The Balaban J connectivity index is 1.31. The third-order valence-electron chi connectivity index (χ3n) is 5.37. The Bertz CT molecular complexity index is 1200. The van der Waals surface area contributed by atoms with E-state index in [1.165, 1.54) is 9.71 Å². The maximum atomic E-state index is 12.6. The molecule has 3 aromatic rings. The van der Waals surface area contributed by atoms with Crippen LogP contribution in [-0.2, 0) is 14.8 Å². The molecular formula is C23H24N4O4S. The second-order valence-electron chi connectivity index (χ2n) is 7.70. The van der Waals surface area contributed by atoms with Crippen molar-refractivity contribution in [3.8, 4) is 11.5 Å². The number of nitrogens with one attached hydrogen (secondary N) is 1. The summed E-state index contributed by atoms with van der Waals surface area (Å²) < 4.78 is 32.2. The molecule has 8 nitrogen and oxygen atoms in total. The first-order chi connectivity index (χ1) is 15.4. The van der Waals surface area contributed by atoms with E-state index in [1.807, 2.05) is 61.5 Å². The SMILES string of the molecule is Cc1ccc(C=CS(=O)(=O)N2CCC(C(=O)Nc3nnc(-c4ccccc4)o3)CC2)cc1. The lowest BCUT2D eigenvalue weighted by Crippen LogP contribution is -2.40. The number of rotatable bonds is 6. The van der Waals surface area contributed by atoms with Crippen LogP contribution in [0.15, 0.2) is 64.4 Å². The molecule has 0 spiro atoms. The normalized spacial score (nSPS) is 15.8. The molecule has 9 heteroatoms. The first-order valence-corrected chi connectivity index (χ1v) is 11.9. The highest BCUT2D eigenvalue weighted by molar-refractivity contribution is 7.92. The molecule has 0 unspecified atom stereocenters. The molecule has 166 valence electrons. The molecule has 0 radical (unpaired) electrons. The van der Waals surface area contributed by atoms with Crippen LogP contribution in [-0.4, -0.2) is 41.9 Å². The fourth-order valence-electron chi connectivity index (χ4n) is 3.48. The van der Waals surface area contributed by atoms with Gasteiger partial charge in [0.25, 0.3) is 0 Å². The number of piperidine rings is 1. The van der Waals surface area contributed by atoms with Crippen LogP contribution in [0, 0.1) is 12.8 Å². The standard InChI is InChI=1S/C23H24N4O4S/c1-17-7-9-18(10-8-17)13-16-32(29,30)27-14-11-19(12-15-27)21(28)24-23-26-25-22(31-23)20-5-3-2-4-6-20/h2-10,13,16,19H,11-12,14-15H2,1H3,(H,24,26,28). The van der Waals surface area contributed by atoms with Gasteiger partial charge in [-0.25, -0.2) is 8.42 Å². The Hall–Kier alpha value is -3.30. The summed E-state index contributed by atoms with van der Waals surface area (Å²) in [5.74, 6) is -0.253. The predicted octanol–water partition coefficient (Wildman–Crippen LogP) is 3.70. The number of benzene rings is 2. The average molecular weight is 453 g/mol. The van der Waals surface area contributed by atoms with Crippen molar-refractivity contribution in [3.63, 3.8) is 0 Å². The molecule has 1 amide bonds. The van der Waals surface area contributed by atoms with Gasteiger partial charge in [-0.15, -0.1) is 5.10 Å². The van der Waals surface area contributed by atoms with E-state index in [1.54, 1.807) is 6.08 Å². The smallest absolute Gasteiger partial charge is 0.322 e. The summed E-state index contributed by atoms with van der Waals surface area (Å²) in [6, 6.07) is 16.9. The van der Waals surface area contributed by atoms with Gasteiger partial charge in [0.15, 0.2) is 0 Å². The van der Waals surface area contributed by atoms with E-state index in [2.05, 4.69) is 15.5 Å². The molecule has 0 bridgehead atoms. The van der Waals surface area contributed by atoms with Gasteiger partial charge in [-0.2, -0.15) is 4.31 Å². The molecule has 0 aliphatic carbocycles. The van der Waals surface area contributed by atoms with Gasteiger partial charge in [0.05, 0.1) is 0 Å². The van der Waals surface area contributed by atoms with Crippen LogP contribution in [0.5, 0.6) is 0 Å². The van der Waals surface area contributed by atoms with E-state index in [9.17, 15) is 13.2 Å². The van der Waals surface area contributed by atoms with Crippen molar-refractivity contribution in [2.45, 2.75) is 19.8 Å². The monoisotopic (exact) mass is 452 g/mol. The quantitative estimate of drug-likeness (QED) is 0.611. The Kier molecular flexibility index (Phi) is 6.48. The van der Waals surface area contributed by atoms with Crippen LogP contribution in [0.4, 0.5) is 6.01 Å². The number of amides is 1. The number of hydrogen-bond acceptors (Lipinski definition) is 6. The van der Waals surface area contributed by atoms with E-state index >= 15 is 0 Å². The number of sulfonamides is 1. The molecule has 1 aliphatic rings. The molecular weight excluding hydrogens is 428 g/mol. The van der Waals surface area contributed by atoms with Crippen LogP contribution in [0.1, 0.15) is 24.0 Å². The van der Waals surface area contributed by atoms with E-state index < -0.39 is 10.0 Å². The third-order valence-corrected chi connectivity index (χ3v) is 6.94. The molecule has 0 atom stereocenters. The maximum Gasteiger partial charge on any atom is 0.322 e. The second kappa shape index (κ2) is 9.46. The lowest BCUT2D eigenvalue weighted by atomic mass is 9.97. The minimum absolute atomic E-state index is 0.0323. The first kappa shape index (κ1) is 21.9. The van der Waals surface area contributed by atoms with Gasteiger partial charge in [-0.1, -0.05) is 53.1 Å². The number of carbonyl (C=O) groups is 1. The van der Waals surface area contributed by atoms with Crippen LogP contribution in [0.3, 0.4) is 0 Å².